The summed E-state index contributed by atoms with van der Waals surface area (Å²) in [5.74, 6) is 2.25. The van der Waals surface area contributed by atoms with Crippen molar-refractivity contribution in [2.45, 2.75) is 19.3 Å². The number of halogens is 1. The lowest BCUT2D eigenvalue weighted by Gasteiger charge is -2.27. The van der Waals surface area contributed by atoms with Gasteiger partial charge >= 0.3 is 0 Å². The van der Waals surface area contributed by atoms with E-state index in [4.69, 9.17) is 9.47 Å². The number of rotatable bonds is 6. The second kappa shape index (κ2) is 8.65. The van der Waals surface area contributed by atoms with E-state index in [-0.39, 0.29) is 0 Å². The summed E-state index contributed by atoms with van der Waals surface area (Å²) in [4.78, 5) is 2.49. The molecule has 3 nitrogen and oxygen atoms in total. The average molecular weight is 390 g/mol. The maximum atomic E-state index is 5.93. The molecule has 0 radical (unpaired) electrons. The van der Waals surface area contributed by atoms with E-state index >= 15 is 0 Å². The molecule has 0 saturated carbocycles. The molecule has 1 aliphatic rings. The highest BCUT2D eigenvalue weighted by Gasteiger charge is 2.13. The minimum atomic E-state index is 0.547. The van der Waals surface area contributed by atoms with E-state index in [1.165, 1.54) is 12.0 Å². The second-order valence-electron chi connectivity index (χ2n) is 6.25. The largest absolute Gasteiger partial charge is 0.456 e. The lowest BCUT2D eigenvalue weighted by Crippen LogP contribution is -2.37. The van der Waals surface area contributed by atoms with Crippen LogP contribution in [0.1, 0.15) is 24.8 Å². The second-order valence-corrected chi connectivity index (χ2v) is 7.10. The number of nitrogens with zero attached hydrogens (tertiary/aromatic N) is 1. The van der Waals surface area contributed by atoms with Gasteiger partial charge in [-0.1, -0.05) is 31.2 Å². The predicted octanol–water partition coefficient (Wildman–Crippen LogP) is 5.07. The van der Waals surface area contributed by atoms with Crippen LogP contribution in [0.15, 0.2) is 53.0 Å². The van der Waals surface area contributed by atoms with Gasteiger partial charge in [-0.25, -0.2) is 0 Å². The van der Waals surface area contributed by atoms with E-state index in [1.54, 1.807) is 0 Å². The van der Waals surface area contributed by atoms with E-state index in [1.807, 2.05) is 24.3 Å². The summed E-state index contributed by atoms with van der Waals surface area (Å²) in [6, 6.07) is 16.4. The number of benzene rings is 2. The van der Waals surface area contributed by atoms with Crippen molar-refractivity contribution in [2.24, 2.45) is 0 Å². The third kappa shape index (κ3) is 4.82. The lowest BCUT2D eigenvalue weighted by molar-refractivity contribution is 0.0367. The Hall–Kier alpha value is -1.36. The van der Waals surface area contributed by atoms with Crippen LogP contribution in [0.25, 0.3) is 0 Å². The monoisotopic (exact) mass is 389 g/mol. The fraction of sp³-hybridized carbons (Fsp3) is 0.400. The molecule has 0 spiro atoms. The van der Waals surface area contributed by atoms with Crippen LogP contribution in [0.3, 0.4) is 0 Å². The van der Waals surface area contributed by atoms with Crippen LogP contribution >= 0.6 is 15.9 Å². The molecular formula is C20H24BrNO2. The fourth-order valence-electron chi connectivity index (χ4n) is 2.89. The molecule has 0 aliphatic carbocycles. The van der Waals surface area contributed by atoms with Gasteiger partial charge in [0, 0.05) is 13.1 Å². The Bertz CT molecular complexity index is 638. The van der Waals surface area contributed by atoms with Crippen LogP contribution in [0.4, 0.5) is 0 Å². The molecule has 1 unspecified atom stereocenters. The Morgan fingerprint density at radius 2 is 1.79 bits per heavy atom. The summed E-state index contributed by atoms with van der Waals surface area (Å²) in [6.45, 7) is 7.30. The Balaban J connectivity index is 1.54. The number of para-hydroxylation sites is 1. The third-order valence-electron chi connectivity index (χ3n) is 4.50. The Labute approximate surface area is 152 Å². The van der Waals surface area contributed by atoms with Crippen LogP contribution < -0.4 is 4.74 Å². The summed E-state index contributed by atoms with van der Waals surface area (Å²) in [7, 11) is 0. The van der Waals surface area contributed by atoms with Gasteiger partial charge in [0.05, 0.1) is 17.7 Å². The maximum absolute atomic E-state index is 5.93. The molecule has 1 saturated heterocycles. The van der Waals surface area contributed by atoms with Crippen molar-refractivity contribution in [3.63, 3.8) is 0 Å². The van der Waals surface area contributed by atoms with Gasteiger partial charge in [-0.15, -0.1) is 0 Å². The molecule has 2 aromatic carbocycles. The van der Waals surface area contributed by atoms with Crippen LogP contribution in [0.2, 0.25) is 0 Å². The predicted molar refractivity (Wildman–Crippen MR) is 101 cm³/mol. The topological polar surface area (TPSA) is 21.7 Å². The van der Waals surface area contributed by atoms with E-state index < -0.39 is 0 Å². The number of hydrogen-bond donors (Lipinski definition) is 0. The van der Waals surface area contributed by atoms with Gasteiger partial charge in [-0.05, 0) is 64.6 Å². The Kier molecular flexibility index (Phi) is 6.30. The SMILES string of the molecule is CC(CCN1CCOCC1)c1ccc(Oc2ccccc2Br)cc1. The fourth-order valence-corrected chi connectivity index (χ4v) is 3.25. The molecule has 128 valence electrons. The molecule has 1 heterocycles. The molecule has 1 fully saturated rings. The van der Waals surface area contributed by atoms with Gasteiger partial charge in [-0.2, -0.15) is 0 Å². The highest BCUT2D eigenvalue weighted by Crippen LogP contribution is 2.30. The van der Waals surface area contributed by atoms with Gasteiger partial charge < -0.3 is 9.47 Å². The van der Waals surface area contributed by atoms with Gasteiger partial charge in [0.2, 0.25) is 0 Å². The molecule has 24 heavy (non-hydrogen) atoms. The van der Waals surface area contributed by atoms with Crippen molar-refractivity contribution >= 4 is 15.9 Å². The quantitative estimate of drug-likeness (QED) is 0.688. The molecule has 0 aromatic heterocycles. The minimum absolute atomic E-state index is 0.547. The lowest BCUT2D eigenvalue weighted by atomic mass is 9.97. The maximum Gasteiger partial charge on any atom is 0.141 e. The Morgan fingerprint density at radius 3 is 2.50 bits per heavy atom. The zero-order valence-corrected chi connectivity index (χ0v) is 15.7. The van der Waals surface area contributed by atoms with Crippen LogP contribution in [0, 0.1) is 0 Å². The third-order valence-corrected chi connectivity index (χ3v) is 5.15. The molecule has 4 heteroatoms. The van der Waals surface area contributed by atoms with Crippen molar-refractivity contribution in [3.8, 4) is 11.5 Å². The molecule has 0 N–H and O–H groups in total. The highest BCUT2D eigenvalue weighted by molar-refractivity contribution is 9.10. The zero-order valence-electron chi connectivity index (χ0n) is 14.1. The van der Waals surface area contributed by atoms with Gasteiger partial charge in [0.25, 0.3) is 0 Å². The molecule has 0 bridgehead atoms. The summed E-state index contributed by atoms with van der Waals surface area (Å²) in [5.41, 5.74) is 1.36. The first kappa shape index (κ1) is 17.5. The molecular weight excluding hydrogens is 366 g/mol. The highest BCUT2D eigenvalue weighted by atomic mass is 79.9. The van der Waals surface area contributed by atoms with Crippen molar-refractivity contribution in [3.05, 3.63) is 58.6 Å². The molecule has 3 rings (SSSR count). The summed E-state index contributed by atoms with van der Waals surface area (Å²) >= 11 is 3.51. The number of hydrogen-bond acceptors (Lipinski definition) is 3. The summed E-state index contributed by atoms with van der Waals surface area (Å²) < 4.78 is 12.3. The van der Waals surface area contributed by atoms with Crippen molar-refractivity contribution in [2.75, 3.05) is 32.8 Å². The number of morpholine rings is 1. The normalized spacial score (nSPS) is 16.8. The van der Waals surface area contributed by atoms with E-state index in [2.05, 4.69) is 52.0 Å². The molecule has 2 aromatic rings. The van der Waals surface area contributed by atoms with Crippen LogP contribution in [-0.2, 0) is 4.74 Å². The van der Waals surface area contributed by atoms with Gasteiger partial charge in [0.15, 0.2) is 0 Å². The minimum Gasteiger partial charge on any atom is -0.456 e. The van der Waals surface area contributed by atoms with Gasteiger partial charge in [-0.3, -0.25) is 4.90 Å². The van der Waals surface area contributed by atoms with E-state index in [0.717, 1.165) is 48.8 Å². The van der Waals surface area contributed by atoms with E-state index in [0.29, 0.717) is 5.92 Å². The standard InChI is InChI=1S/C20H24BrNO2/c1-16(10-11-22-12-14-23-15-13-22)17-6-8-18(9-7-17)24-20-5-3-2-4-19(20)21/h2-9,16H,10-15H2,1H3. The van der Waals surface area contributed by atoms with Crippen LogP contribution in [0.5, 0.6) is 11.5 Å². The van der Waals surface area contributed by atoms with Crippen molar-refractivity contribution in [1.82, 2.24) is 4.90 Å². The smallest absolute Gasteiger partial charge is 0.141 e. The van der Waals surface area contributed by atoms with Crippen LogP contribution in [-0.4, -0.2) is 37.7 Å². The first-order valence-electron chi connectivity index (χ1n) is 8.55. The molecule has 1 aliphatic heterocycles. The van der Waals surface area contributed by atoms with E-state index in [9.17, 15) is 0 Å². The molecule has 0 amide bonds. The van der Waals surface area contributed by atoms with Crippen molar-refractivity contribution in [1.29, 1.82) is 0 Å². The first-order chi connectivity index (χ1) is 11.7. The molecule has 1 atom stereocenters. The number of ether oxygens (including phenoxy) is 2. The Morgan fingerprint density at radius 1 is 1.08 bits per heavy atom. The summed E-state index contributed by atoms with van der Waals surface area (Å²) in [6.07, 6.45) is 1.17. The average Bonchev–Trinajstić information content (AvgIpc) is 2.63. The summed E-state index contributed by atoms with van der Waals surface area (Å²) in [5, 5.41) is 0. The van der Waals surface area contributed by atoms with Gasteiger partial charge in [0.1, 0.15) is 11.5 Å². The zero-order chi connectivity index (χ0) is 16.8. The first-order valence-corrected chi connectivity index (χ1v) is 9.34. The van der Waals surface area contributed by atoms with Crippen molar-refractivity contribution < 1.29 is 9.47 Å².